The zero-order valence-electron chi connectivity index (χ0n) is 26.1. The van der Waals surface area contributed by atoms with Crippen molar-refractivity contribution in [3.8, 4) is 0 Å². The van der Waals surface area contributed by atoms with Gasteiger partial charge in [-0.25, -0.2) is 0 Å². The van der Waals surface area contributed by atoms with Crippen LogP contribution in [0.4, 0.5) is 0 Å². The molecule has 296 valence electrons. The van der Waals surface area contributed by atoms with Gasteiger partial charge >= 0.3 is 3.36 Å². The van der Waals surface area contributed by atoms with E-state index >= 15 is 0 Å². The number of aldehydes is 2. The average Bonchev–Trinajstić information content (AvgIpc) is 2.90. The molecule has 0 aromatic heterocycles. The number of aliphatic hydroxyl groups is 3. The second-order valence-electron chi connectivity index (χ2n) is 7.12. The van der Waals surface area contributed by atoms with Crippen LogP contribution in [0.5, 0.6) is 0 Å². The number of rotatable bonds is 7. The predicted octanol–water partition coefficient (Wildman–Crippen LogP) is 4.24. The van der Waals surface area contributed by atoms with Crippen LogP contribution in [0.15, 0.2) is 0 Å². The third-order valence-electron chi connectivity index (χ3n) is 2.33. The van der Waals surface area contributed by atoms with Gasteiger partial charge in [-0.15, -0.1) is 0 Å². The highest BCUT2D eigenvalue weighted by Crippen LogP contribution is 2.24. The lowest BCUT2D eigenvalue weighted by molar-refractivity contribution is -0.534. The fourth-order valence-electron chi connectivity index (χ4n) is 0.173. The van der Waals surface area contributed by atoms with E-state index in [9.17, 15) is 40.5 Å². The molecule has 0 saturated carbocycles. The van der Waals surface area contributed by atoms with Crippen LogP contribution in [-0.2, 0) is 9.59 Å². The quantitative estimate of drug-likeness (QED) is 0.0610. The second-order valence-corrected chi connectivity index (χ2v) is 16.4. The number of hydrogen-bond acceptors (Lipinski definition) is 17. The van der Waals surface area contributed by atoms with Gasteiger partial charge in [0, 0.05) is 137 Å². The molecule has 0 aromatic rings. The summed E-state index contributed by atoms with van der Waals surface area (Å²) in [6.07, 6.45) is 1.50. The van der Waals surface area contributed by atoms with E-state index in [0.717, 1.165) is 26.7 Å². The van der Waals surface area contributed by atoms with E-state index in [1.807, 2.05) is 9.12 Å². The molecule has 0 aromatic carbocycles. The minimum absolute atomic E-state index is 0. The van der Waals surface area contributed by atoms with Crippen LogP contribution in [0.25, 0.3) is 0 Å². The van der Waals surface area contributed by atoms with Crippen LogP contribution in [0.1, 0.15) is 56.4 Å². The lowest BCUT2D eigenvalue weighted by atomic mass is 10.4. The first-order valence-electron chi connectivity index (χ1n) is 10.9. The Hall–Kier alpha value is -1.49. The molecular weight excluding hydrogens is 1030 g/mol. The van der Waals surface area contributed by atoms with E-state index in [4.69, 9.17) is 45.1 Å². The number of hydrogen-bond donors (Lipinski definition) is 3. The third-order valence-corrected chi connectivity index (χ3v) is 4.53. The van der Waals surface area contributed by atoms with Crippen molar-refractivity contribution in [2.45, 2.75) is 73.1 Å². The Morgan fingerprint density at radius 1 is 0.551 bits per heavy atom. The van der Waals surface area contributed by atoms with Gasteiger partial charge < -0.3 is 24.9 Å². The van der Waals surface area contributed by atoms with Crippen LogP contribution in [0.2, 0.25) is 0 Å². The molecule has 30 heteroatoms. The molecule has 0 saturated heterocycles. The highest BCUT2D eigenvalue weighted by molar-refractivity contribution is 9.25. The normalized spacial score (nSPS) is 11.8. The van der Waals surface area contributed by atoms with Crippen LogP contribution < -0.4 is 0 Å². The molecule has 0 aliphatic heterocycles. The summed E-state index contributed by atoms with van der Waals surface area (Å²) >= 11 is 13.6. The van der Waals surface area contributed by atoms with Crippen molar-refractivity contribution in [3.05, 3.63) is 60.7 Å². The summed E-state index contributed by atoms with van der Waals surface area (Å²) in [5.41, 5.74) is 0. The second kappa shape index (κ2) is 46.5. The van der Waals surface area contributed by atoms with Crippen LogP contribution in [0.3, 0.4) is 0 Å². The van der Waals surface area contributed by atoms with E-state index in [0.29, 0.717) is 0 Å². The van der Waals surface area contributed by atoms with Crippen molar-refractivity contribution in [3.63, 3.8) is 0 Å². The Labute approximate surface area is 329 Å². The van der Waals surface area contributed by atoms with Crippen LogP contribution in [0, 0.1) is 60.7 Å². The molecule has 4 atom stereocenters. The molecule has 2 radical (unpaired) electrons. The van der Waals surface area contributed by atoms with Gasteiger partial charge in [-0.05, 0) is 13.8 Å². The molecule has 49 heavy (non-hydrogen) atoms. The Balaban J connectivity index is -0.0000000379. The molecule has 0 heterocycles. The van der Waals surface area contributed by atoms with E-state index in [1.54, 1.807) is 0 Å². The fourth-order valence-corrected chi connectivity index (χ4v) is 0.173. The first kappa shape index (κ1) is 77.1. The van der Waals surface area contributed by atoms with Gasteiger partial charge in [0.2, 0.25) is 0 Å². The summed E-state index contributed by atoms with van der Waals surface area (Å²) < 4.78 is -5.26. The average molecular weight is 1070 g/mol. The van der Waals surface area contributed by atoms with Crippen LogP contribution in [-0.4, -0.2) is 116 Å². The van der Waals surface area contributed by atoms with E-state index in [1.165, 1.54) is 41.5 Å². The van der Waals surface area contributed by atoms with Gasteiger partial charge in [0.05, 0.1) is 7.57 Å². The molecule has 0 fully saturated rings. The highest BCUT2D eigenvalue weighted by Gasteiger charge is 2.33. The Bertz CT molecular complexity index is 803. The van der Waals surface area contributed by atoms with Gasteiger partial charge in [0.1, 0.15) is 32.4 Å². The molecular formula is C19H45BBr5N6O17P. The summed E-state index contributed by atoms with van der Waals surface area (Å²) in [4.78, 5) is 71.3. The van der Waals surface area contributed by atoms with Crippen molar-refractivity contribution >= 4 is 109 Å². The van der Waals surface area contributed by atoms with E-state index < -0.39 is 66.1 Å². The van der Waals surface area contributed by atoms with Gasteiger partial charge in [0.25, 0.3) is 13.3 Å². The zero-order chi connectivity index (χ0) is 41.0. The summed E-state index contributed by atoms with van der Waals surface area (Å²) in [5.74, 6) is 0. The number of nitrogens with zero attached hydrogens (tertiary/aromatic N) is 6. The van der Waals surface area contributed by atoms with E-state index in [2.05, 4.69) is 87.2 Å². The first-order valence-corrected chi connectivity index (χ1v) is 15.5. The smallest absolute Gasteiger partial charge is 0.324 e. The standard InChI is InChI=1S/3C3H6BrNO3.C2H3Br2NO2.2C2H4O.2CH3NO2.2CH4.BH2P/c3*1-3(4,2-6)5(7)8;1-2(3,4)5(6)7;2*1-2-3;2*1-2(3)4;;;1-2/h3*6H,2H2,1H3;1H3;2*2H,1H3;2*1H3;2*1H4;2H2. The number of halogens is 5. The minimum Gasteiger partial charge on any atom is -0.388 e. The number of aliphatic hydroxyl groups excluding tert-OH is 3. The maximum absolute atomic E-state index is 9.85. The summed E-state index contributed by atoms with van der Waals surface area (Å²) in [5, 5.41) is 81.7. The van der Waals surface area contributed by atoms with Crippen LogP contribution >= 0.6 is 88.8 Å². The molecule has 0 aliphatic carbocycles. The molecule has 23 nitrogen and oxygen atoms in total. The molecule has 4 unspecified atom stereocenters. The van der Waals surface area contributed by atoms with E-state index in [-0.39, 0.29) is 14.9 Å². The minimum atomic E-state index is -1.37. The predicted molar refractivity (Wildman–Crippen MR) is 206 cm³/mol. The molecule has 0 amide bonds. The number of carbonyl (C=O) groups excluding carboxylic acids is 2. The third kappa shape index (κ3) is 92.8. The molecule has 0 rings (SSSR count). The van der Waals surface area contributed by atoms with Crippen molar-refractivity contribution in [1.29, 1.82) is 0 Å². The summed E-state index contributed by atoms with van der Waals surface area (Å²) in [6.45, 7) is 6.64. The highest BCUT2D eigenvalue weighted by atomic mass is 79.9. The monoisotopic (exact) mass is 1070 g/mol. The van der Waals surface area contributed by atoms with Gasteiger partial charge in [-0.1, -0.05) is 14.9 Å². The zero-order valence-corrected chi connectivity index (χ0v) is 35.1. The number of alkyl halides is 5. The largest absolute Gasteiger partial charge is 0.388 e. The summed E-state index contributed by atoms with van der Waals surface area (Å²) in [7, 11) is 8.11. The summed E-state index contributed by atoms with van der Waals surface area (Å²) in [6, 6.07) is 0. The van der Waals surface area contributed by atoms with Gasteiger partial charge in [-0.3, -0.25) is 60.7 Å². The van der Waals surface area contributed by atoms with Crippen molar-refractivity contribution in [2.24, 2.45) is 0 Å². The molecule has 3 N–H and O–H groups in total. The number of carbonyl (C=O) groups is 2. The SMILES string of the molecule is C.C.CC(Br)(Br)[N+](=O)[O-].CC(Br)(CO)[N+](=O)[O-].CC(Br)(CO)[N+](=O)[O-].CC(Br)(CO)[N+](=O)[O-].CC=O.CC=O.C[N+](=O)[O-].C[N+](=O)[O-].[B]P. The maximum atomic E-state index is 9.85. The number of nitro groups is 6. The Morgan fingerprint density at radius 3 is 0.633 bits per heavy atom. The Morgan fingerprint density at radius 2 is 0.633 bits per heavy atom. The first-order chi connectivity index (χ1) is 20.7. The van der Waals surface area contributed by atoms with Gasteiger partial charge in [-0.2, -0.15) is 9.12 Å². The topological polar surface area (TPSA) is 354 Å². The molecule has 0 aliphatic rings. The fraction of sp³-hybridized carbons (Fsp3) is 0.895. The Kier molecular flexibility index (Phi) is 73.2. The molecule has 0 bridgehead atoms. The maximum Gasteiger partial charge on any atom is 0.324 e. The lowest BCUT2D eigenvalue weighted by Crippen LogP contribution is -2.31. The van der Waals surface area contributed by atoms with Gasteiger partial charge in [0.15, 0.2) is 14.1 Å². The lowest BCUT2D eigenvalue weighted by Gasteiger charge is -2.07. The molecule has 0 spiro atoms. The van der Waals surface area contributed by atoms with Crippen molar-refractivity contribution < 1.29 is 54.4 Å². The van der Waals surface area contributed by atoms with Crippen molar-refractivity contribution in [1.82, 2.24) is 0 Å². The van der Waals surface area contributed by atoms with Crippen molar-refractivity contribution in [2.75, 3.05) is 33.9 Å².